The molecule has 0 fully saturated rings. The number of nitroso groups, excluding NO2 is 1. The van der Waals surface area contributed by atoms with Crippen LogP contribution in [-0.4, -0.2) is 11.1 Å². The number of hydrogen-bond donors (Lipinski definition) is 1. The third-order valence-corrected chi connectivity index (χ3v) is 1.45. The Kier molecular flexibility index (Phi) is 2.53. The molecule has 0 spiro atoms. The summed E-state index contributed by atoms with van der Waals surface area (Å²) < 4.78 is 0. The Labute approximate surface area is 68.8 Å². The van der Waals surface area contributed by atoms with E-state index in [0.29, 0.717) is 0 Å². The molecule has 0 bridgehead atoms. The van der Waals surface area contributed by atoms with Gasteiger partial charge in [-0.05, 0) is 17.7 Å². The molecule has 1 rings (SSSR count). The highest BCUT2D eigenvalue weighted by molar-refractivity contribution is 5.87. The van der Waals surface area contributed by atoms with Crippen molar-refractivity contribution in [1.29, 1.82) is 0 Å². The van der Waals surface area contributed by atoms with Crippen molar-refractivity contribution in [2.75, 3.05) is 0 Å². The van der Waals surface area contributed by atoms with Crippen molar-refractivity contribution in [3.63, 3.8) is 0 Å². The molecular formula is C8H7NO3. The van der Waals surface area contributed by atoms with Gasteiger partial charge < -0.3 is 5.11 Å². The van der Waals surface area contributed by atoms with Crippen molar-refractivity contribution in [2.45, 2.75) is 6.54 Å². The first-order valence-corrected chi connectivity index (χ1v) is 3.35. The van der Waals surface area contributed by atoms with Crippen molar-refractivity contribution in [3.05, 3.63) is 40.3 Å². The zero-order valence-corrected chi connectivity index (χ0v) is 6.23. The van der Waals surface area contributed by atoms with Crippen LogP contribution in [0.1, 0.15) is 15.9 Å². The van der Waals surface area contributed by atoms with E-state index in [4.69, 9.17) is 5.11 Å². The second kappa shape index (κ2) is 3.61. The Morgan fingerprint density at radius 2 is 1.92 bits per heavy atom. The van der Waals surface area contributed by atoms with Crippen molar-refractivity contribution in [2.24, 2.45) is 5.18 Å². The van der Waals surface area contributed by atoms with Gasteiger partial charge in [0.15, 0.2) is 0 Å². The van der Waals surface area contributed by atoms with E-state index in [1.54, 1.807) is 12.1 Å². The van der Waals surface area contributed by atoms with Crippen LogP contribution in [0.5, 0.6) is 0 Å². The molecule has 0 radical (unpaired) electrons. The van der Waals surface area contributed by atoms with Gasteiger partial charge in [-0.15, -0.1) is 0 Å². The van der Waals surface area contributed by atoms with Crippen LogP contribution < -0.4 is 0 Å². The molecule has 12 heavy (non-hydrogen) atoms. The molecule has 0 amide bonds. The summed E-state index contributed by atoms with van der Waals surface area (Å²) in [6.07, 6.45) is 0. The predicted octanol–water partition coefficient (Wildman–Crippen LogP) is 1.65. The summed E-state index contributed by atoms with van der Waals surface area (Å²) >= 11 is 0. The number of carboxylic acids is 1. The number of hydrogen-bond acceptors (Lipinski definition) is 3. The van der Waals surface area contributed by atoms with Crippen molar-refractivity contribution in [3.8, 4) is 0 Å². The molecule has 1 N–H and O–H groups in total. The van der Waals surface area contributed by atoms with Crippen molar-refractivity contribution in [1.82, 2.24) is 0 Å². The number of aromatic carboxylic acids is 1. The highest BCUT2D eigenvalue weighted by atomic mass is 16.4. The molecule has 62 valence electrons. The quantitative estimate of drug-likeness (QED) is 0.692. The minimum absolute atomic E-state index is 0.0832. The van der Waals surface area contributed by atoms with Gasteiger partial charge in [0, 0.05) is 0 Å². The summed E-state index contributed by atoms with van der Waals surface area (Å²) in [4.78, 5) is 20.2. The molecule has 4 nitrogen and oxygen atoms in total. The van der Waals surface area contributed by atoms with Crippen LogP contribution in [0.2, 0.25) is 0 Å². The molecule has 0 saturated carbocycles. The van der Waals surface area contributed by atoms with Gasteiger partial charge in [0.05, 0.1) is 5.56 Å². The van der Waals surface area contributed by atoms with Crippen LogP contribution >= 0.6 is 0 Å². The molecule has 0 unspecified atom stereocenters. The fraction of sp³-hybridized carbons (Fsp3) is 0.125. The molecule has 0 saturated heterocycles. The molecule has 0 aromatic heterocycles. The Balaban J connectivity index is 2.85. The summed E-state index contributed by atoms with van der Waals surface area (Å²) in [5.74, 6) is -0.972. The Bertz CT molecular complexity index is 292. The lowest BCUT2D eigenvalue weighted by Gasteiger charge is -1.95. The summed E-state index contributed by atoms with van der Waals surface area (Å²) in [5.41, 5.74) is 0.930. The molecule has 0 heterocycles. The van der Waals surface area contributed by atoms with Crippen LogP contribution in [0.15, 0.2) is 29.4 Å². The van der Waals surface area contributed by atoms with E-state index in [-0.39, 0.29) is 12.1 Å². The predicted molar refractivity (Wildman–Crippen MR) is 42.9 cm³/mol. The Hall–Kier alpha value is -1.71. The first kappa shape index (κ1) is 8.39. The van der Waals surface area contributed by atoms with Gasteiger partial charge in [-0.1, -0.05) is 17.3 Å². The largest absolute Gasteiger partial charge is 0.478 e. The number of nitrogens with zero attached hydrogens (tertiary/aromatic N) is 1. The van der Waals surface area contributed by atoms with Gasteiger partial charge >= 0.3 is 5.97 Å². The molecule has 0 atom stereocenters. The van der Waals surface area contributed by atoms with Crippen molar-refractivity contribution >= 4 is 5.97 Å². The fourth-order valence-corrected chi connectivity index (χ4v) is 0.827. The molecule has 1 aromatic rings. The minimum atomic E-state index is -0.972. The number of carbonyl (C=O) groups is 1. The Morgan fingerprint density at radius 3 is 2.33 bits per heavy atom. The average Bonchev–Trinajstić information content (AvgIpc) is 2.06. The van der Waals surface area contributed by atoms with E-state index < -0.39 is 5.97 Å². The molecule has 0 aliphatic carbocycles. The minimum Gasteiger partial charge on any atom is -0.478 e. The van der Waals surface area contributed by atoms with Crippen LogP contribution in [0.3, 0.4) is 0 Å². The lowest BCUT2D eigenvalue weighted by molar-refractivity contribution is 0.0697. The number of rotatable bonds is 3. The monoisotopic (exact) mass is 165 g/mol. The zero-order valence-electron chi connectivity index (χ0n) is 6.23. The zero-order chi connectivity index (χ0) is 8.97. The third kappa shape index (κ3) is 1.88. The van der Waals surface area contributed by atoms with E-state index >= 15 is 0 Å². The topological polar surface area (TPSA) is 66.7 Å². The van der Waals surface area contributed by atoms with Gasteiger partial charge in [-0.3, -0.25) is 0 Å². The van der Waals surface area contributed by atoms with E-state index in [9.17, 15) is 9.70 Å². The van der Waals surface area contributed by atoms with Crippen LogP contribution in [-0.2, 0) is 6.54 Å². The summed E-state index contributed by atoms with van der Waals surface area (Å²) in [7, 11) is 0. The number of benzene rings is 1. The molecular weight excluding hydrogens is 158 g/mol. The van der Waals surface area contributed by atoms with Gasteiger partial charge in [0.25, 0.3) is 0 Å². The SMILES string of the molecule is O=NCc1ccc(C(=O)O)cc1. The Morgan fingerprint density at radius 1 is 1.33 bits per heavy atom. The second-order valence-corrected chi connectivity index (χ2v) is 2.29. The van der Waals surface area contributed by atoms with Gasteiger partial charge in [0.1, 0.15) is 6.54 Å². The van der Waals surface area contributed by atoms with Gasteiger partial charge in [0.2, 0.25) is 0 Å². The maximum absolute atomic E-state index is 10.4. The smallest absolute Gasteiger partial charge is 0.335 e. The summed E-state index contributed by atoms with van der Waals surface area (Å²) in [6.45, 7) is 0.0832. The average molecular weight is 165 g/mol. The first-order valence-electron chi connectivity index (χ1n) is 3.35. The van der Waals surface area contributed by atoms with E-state index in [2.05, 4.69) is 5.18 Å². The molecule has 0 aliphatic rings. The fourth-order valence-electron chi connectivity index (χ4n) is 0.827. The lowest BCUT2D eigenvalue weighted by Crippen LogP contribution is -1.95. The molecule has 0 aliphatic heterocycles. The summed E-state index contributed by atoms with van der Waals surface area (Å²) in [6, 6.07) is 6.04. The highest BCUT2D eigenvalue weighted by Gasteiger charge is 2.00. The maximum Gasteiger partial charge on any atom is 0.335 e. The van der Waals surface area contributed by atoms with E-state index in [0.717, 1.165) is 5.56 Å². The molecule has 1 aromatic carbocycles. The first-order chi connectivity index (χ1) is 5.74. The lowest BCUT2D eigenvalue weighted by atomic mass is 10.1. The van der Waals surface area contributed by atoms with Crippen LogP contribution in [0.4, 0.5) is 0 Å². The standard InChI is InChI=1S/C8H7NO3/c10-8(11)7-3-1-6(2-4-7)5-9-12/h1-4H,5H2,(H,10,11). The third-order valence-electron chi connectivity index (χ3n) is 1.45. The van der Waals surface area contributed by atoms with E-state index in [1.807, 2.05) is 0 Å². The molecule has 4 heteroatoms. The second-order valence-electron chi connectivity index (χ2n) is 2.29. The normalized spacial score (nSPS) is 9.33. The van der Waals surface area contributed by atoms with Crippen LogP contribution in [0, 0.1) is 4.91 Å². The highest BCUT2D eigenvalue weighted by Crippen LogP contribution is 2.05. The number of carboxylic acid groups (broad SMARTS) is 1. The van der Waals surface area contributed by atoms with Gasteiger partial charge in [-0.2, -0.15) is 4.91 Å². The van der Waals surface area contributed by atoms with Gasteiger partial charge in [-0.25, -0.2) is 4.79 Å². The van der Waals surface area contributed by atoms with E-state index in [1.165, 1.54) is 12.1 Å². The maximum atomic E-state index is 10.4. The summed E-state index contributed by atoms with van der Waals surface area (Å²) in [5, 5.41) is 11.2. The van der Waals surface area contributed by atoms with Crippen LogP contribution in [0.25, 0.3) is 0 Å². The van der Waals surface area contributed by atoms with Crippen molar-refractivity contribution < 1.29 is 9.90 Å².